The summed E-state index contributed by atoms with van der Waals surface area (Å²) in [5.41, 5.74) is 6.86. The van der Waals surface area contributed by atoms with Crippen molar-refractivity contribution in [3.05, 3.63) is 182 Å². The largest absolute Gasteiger partial charge is 0.457 e. The lowest BCUT2D eigenvalue weighted by atomic mass is 10.2. The Morgan fingerprint density at radius 2 is 0.717 bits per heavy atom. The van der Waals surface area contributed by atoms with E-state index in [1.165, 1.54) is 48.1 Å². The van der Waals surface area contributed by atoms with E-state index in [4.69, 9.17) is 9.47 Å². The van der Waals surface area contributed by atoms with Crippen LogP contribution >= 0.6 is 0 Å². The Morgan fingerprint density at radius 3 is 1.17 bits per heavy atom. The number of benzene rings is 8. The third-order valence-electron chi connectivity index (χ3n) is 11.4. The van der Waals surface area contributed by atoms with Crippen molar-refractivity contribution in [1.29, 1.82) is 0 Å². The highest BCUT2D eigenvalue weighted by Crippen LogP contribution is 2.42. The van der Waals surface area contributed by atoms with Crippen LogP contribution in [0.3, 0.4) is 0 Å². The molecule has 0 unspecified atom stereocenters. The van der Waals surface area contributed by atoms with Gasteiger partial charge in [0.05, 0.1) is 27.8 Å². The van der Waals surface area contributed by atoms with E-state index in [1.807, 2.05) is 0 Å². The third kappa shape index (κ3) is 3.78. The van der Waals surface area contributed by atoms with E-state index in [2.05, 4.69) is 191 Å². The first kappa shape index (κ1) is 28.8. The van der Waals surface area contributed by atoms with Crippen LogP contribution in [-0.2, 0) is 0 Å². The van der Waals surface area contributed by atoms with Crippen molar-refractivity contribution in [3.8, 4) is 34.4 Å². The zero-order chi connectivity index (χ0) is 34.7. The number of aromatic nitrogens is 2. The summed E-state index contributed by atoms with van der Waals surface area (Å²) in [7, 11) is -2.95. The molecule has 0 saturated carbocycles. The predicted molar refractivity (Wildman–Crippen MR) is 219 cm³/mol. The molecule has 0 spiro atoms. The molecule has 0 saturated heterocycles. The van der Waals surface area contributed by atoms with E-state index in [1.54, 1.807) is 0 Å². The van der Waals surface area contributed by atoms with Crippen LogP contribution < -0.4 is 30.2 Å². The highest BCUT2D eigenvalue weighted by molar-refractivity contribution is 7.21. The first-order valence-electron chi connectivity index (χ1n) is 18.1. The van der Waals surface area contributed by atoms with Crippen molar-refractivity contribution in [3.63, 3.8) is 0 Å². The fraction of sp³-hybridized carbons (Fsp3) is 0. The molecule has 2 aromatic heterocycles. The Bertz CT molecular complexity index is 2960. The second kappa shape index (κ2) is 10.6. The van der Waals surface area contributed by atoms with Crippen LogP contribution in [0.1, 0.15) is 0 Å². The molecule has 0 atom stereocenters. The van der Waals surface area contributed by atoms with Gasteiger partial charge in [0, 0.05) is 44.6 Å². The van der Waals surface area contributed by atoms with Gasteiger partial charge in [0.25, 0.3) is 0 Å². The van der Waals surface area contributed by atoms with E-state index in [0.29, 0.717) is 0 Å². The molecule has 0 radical (unpaired) electrons. The second-order valence-corrected chi connectivity index (χ2v) is 17.7. The standard InChI is InChI=1S/C48H30N2O2Si/c1-5-17-38-34(13-1)35-14-2-6-18-39(35)49(38)31-25-27-33(28-26-31)53-46-23-11-9-21-42(46)51-44-29-32(30-45(48(44)53)52-43-22-10-12-24-47(43)53)50-40-19-7-3-15-36(40)37-16-4-8-20-41(37)50/h1-30H. The number of fused-ring (bicyclic) bond motifs is 10. The van der Waals surface area contributed by atoms with Gasteiger partial charge >= 0.3 is 0 Å². The van der Waals surface area contributed by atoms with Gasteiger partial charge in [-0.2, -0.15) is 0 Å². The predicted octanol–water partition coefficient (Wildman–Crippen LogP) is 9.47. The summed E-state index contributed by atoms with van der Waals surface area (Å²) in [5.74, 6) is 3.51. The van der Waals surface area contributed by atoms with Crippen LogP contribution in [0.25, 0.3) is 55.0 Å². The molecule has 248 valence electrons. The van der Waals surface area contributed by atoms with E-state index in [0.717, 1.165) is 50.6 Å². The van der Waals surface area contributed by atoms with Gasteiger partial charge < -0.3 is 18.6 Å². The van der Waals surface area contributed by atoms with Crippen molar-refractivity contribution in [2.24, 2.45) is 0 Å². The molecule has 10 aromatic rings. The van der Waals surface area contributed by atoms with E-state index >= 15 is 0 Å². The quantitative estimate of drug-likeness (QED) is 0.173. The molecule has 0 amide bonds. The van der Waals surface area contributed by atoms with Crippen molar-refractivity contribution in [1.82, 2.24) is 9.13 Å². The normalized spacial score (nSPS) is 13.7. The molecule has 4 heterocycles. The second-order valence-electron chi connectivity index (χ2n) is 14.0. The molecule has 0 fully saturated rings. The fourth-order valence-corrected chi connectivity index (χ4v) is 14.4. The summed E-state index contributed by atoms with van der Waals surface area (Å²) in [5, 5.41) is 9.88. The van der Waals surface area contributed by atoms with Crippen LogP contribution in [0.4, 0.5) is 0 Å². The molecule has 0 aliphatic carbocycles. The van der Waals surface area contributed by atoms with Gasteiger partial charge in [-0.25, -0.2) is 0 Å². The number of hydrogen-bond acceptors (Lipinski definition) is 2. The molecule has 4 nitrogen and oxygen atoms in total. The smallest absolute Gasteiger partial charge is 0.197 e. The first-order valence-corrected chi connectivity index (χ1v) is 20.1. The Kier molecular flexibility index (Phi) is 5.77. The molecule has 2 aliphatic rings. The monoisotopic (exact) mass is 694 g/mol. The minimum absolute atomic E-state index is 0.853. The lowest BCUT2D eigenvalue weighted by Gasteiger charge is -2.43. The van der Waals surface area contributed by atoms with Gasteiger partial charge in [-0.05, 0) is 64.1 Å². The third-order valence-corrected chi connectivity index (χ3v) is 16.3. The number of rotatable bonds is 3. The molecular weight excluding hydrogens is 665 g/mol. The molecule has 0 N–H and O–H groups in total. The van der Waals surface area contributed by atoms with Crippen LogP contribution in [0.2, 0.25) is 0 Å². The van der Waals surface area contributed by atoms with Crippen molar-refractivity contribution in [2.45, 2.75) is 0 Å². The number of hydrogen-bond donors (Lipinski definition) is 0. The Labute approximate surface area is 306 Å². The fourth-order valence-electron chi connectivity index (χ4n) is 9.34. The van der Waals surface area contributed by atoms with E-state index < -0.39 is 8.07 Å². The molecule has 2 aliphatic heterocycles. The zero-order valence-corrected chi connectivity index (χ0v) is 29.5. The van der Waals surface area contributed by atoms with E-state index in [9.17, 15) is 0 Å². The van der Waals surface area contributed by atoms with Crippen LogP contribution in [-0.4, -0.2) is 17.2 Å². The molecule has 12 rings (SSSR count). The van der Waals surface area contributed by atoms with Crippen molar-refractivity contribution >= 4 is 72.4 Å². The molecule has 8 aromatic carbocycles. The number of para-hydroxylation sites is 6. The topological polar surface area (TPSA) is 28.3 Å². The highest BCUT2D eigenvalue weighted by atomic mass is 28.3. The average Bonchev–Trinajstić information content (AvgIpc) is 3.74. The summed E-state index contributed by atoms with van der Waals surface area (Å²) in [4.78, 5) is 0. The first-order chi connectivity index (χ1) is 26.3. The summed E-state index contributed by atoms with van der Waals surface area (Å²) in [6.45, 7) is 0. The number of ether oxygens (including phenoxy) is 2. The van der Waals surface area contributed by atoms with Crippen LogP contribution in [0.5, 0.6) is 23.0 Å². The van der Waals surface area contributed by atoms with Crippen LogP contribution in [0, 0.1) is 0 Å². The van der Waals surface area contributed by atoms with Gasteiger partial charge in [0.15, 0.2) is 8.07 Å². The summed E-state index contributed by atoms with van der Waals surface area (Å²) in [6, 6.07) is 65.7. The summed E-state index contributed by atoms with van der Waals surface area (Å²) in [6.07, 6.45) is 0. The molecular formula is C48H30N2O2Si. The van der Waals surface area contributed by atoms with Gasteiger partial charge in [-0.1, -0.05) is 121 Å². The lowest BCUT2D eigenvalue weighted by molar-refractivity contribution is 0.463. The maximum atomic E-state index is 6.96. The molecule has 0 bridgehead atoms. The Morgan fingerprint density at radius 1 is 0.340 bits per heavy atom. The maximum Gasteiger partial charge on any atom is 0.197 e. The van der Waals surface area contributed by atoms with Gasteiger partial charge in [-0.15, -0.1) is 0 Å². The van der Waals surface area contributed by atoms with Gasteiger partial charge in [-0.3, -0.25) is 0 Å². The summed E-state index contributed by atoms with van der Waals surface area (Å²) >= 11 is 0. The SMILES string of the molecule is c1ccc2c(c1)Oc1cc(-n3c4ccccc4c4ccccc43)cc3c1[Si]2(c1ccc(-n2c4ccccc4c4ccccc42)cc1)c1ccccc1O3. The number of nitrogens with zero attached hydrogens (tertiary/aromatic N) is 2. The van der Waals surface area contributed by atoms with Gasteiger partial charge in [0.1, 0.15) is 23.0 Å². The zero-order valence-electron chi connectivity index (χ0n) is 28.5. The van der Waals surface area contributed by atoms with Crippen molar-refractivity contribution in [2.75, 3.05) is 0 Å². The Hall–Kier alpha value is -6.82. The van der Waals surface area contributed by atoms with Crippen molar-refractivity contribution < 1.29 is 9.47 Å². The molecule has 5 heteroatoms. The lowest BCUT2D eigenvalue weighted by Crippen LogP contribution is -2.77. The molecule has 53 heavy (non-hydrogen) atoms. The average molecular weight is 695 g/mol. The summed E-state index contributed by atoms with van der Waals surface area (Å²) < 4.78 is 18.7. The Balaban J connectivity index is 1.14. The van der Waals surface area contributed by atoms with Gasteiger partial charge in [0.2, 0.25) is 0 Å². The van der Waals surface area contributed by atoms with Crippen LogP contribution in [0.15, 0.2) is 182 Å². The van der Waals surface area contributed by atoms with E-state index in [-0.39, 0.29) is 0 Å². The minimum Gasteiger partial charge on any atom is -0.457 e. The minimum atomic E-state index is -2.95. The highest BCUT2D eigenvalue weighted by Gasteiger charge is 2.53. The maximum absolute atomic E-state index is 6.96.